The van der Waals surface area contributed by atoms with Crippen molar-refractivity contribution < 1.29 is 9.53 Å². The molecular weight excluding hydrogens is 200 g/mol. The Bertz CT molecular complexity index is 414. The van der Waals surface area contributed by atoms with Crippen LogP contribution >= 0.6 is 11.5 Å². The minimum Gasteiger partial charge on any atom is -0.401 e. The number of ether oxygens (including phenoxy) is 1. The van der Waals surface area contributed by atoms with Crippen molar-refractivity contribution in [3.8, 4) is 5.88 Å². The van der Waals surface area contributed by atoms with Gasteiger partial charge in [-0.05, 0) is 23.7 Å². The van der Waals surface area contributed by atoms with Gasteiger partial charge in [0.05, 0.1) is 10.9 Å². The van der Waals surface area contributed by atoms with Gasteiger partial charge in [-0.2, -0.15) is 0 Å². The van der Waals surface area contributed by atoms with Crippen molar-refractivity contribution in [2.75, 3.05) is 0 Å². The highest BCUT2D eigenvalue weighted by atomic mass is 32.1. The van der Waals surface area contributed by atoms with E-state index in [0.717, 1.165) is 11.5 Å². The largest absolute Gasteiger partial charge is 0.401 e. The number of hydrogen-bond acceptors (Lipinski definition) is 5. The molecule has 0 spiro atoms. The first-order valence-corrected chi connectivity index (χ1v) is 4.74. The van der Waals surface area contributed by atoms with E-state index in [4.69, 9.17) is 4.74 Å². The number of carbonyl (C=O) groups is 1. The molecule has 0 bridgehead atoms. The van der Waals surface area contributed by atoms with Gasteiger partial charge in [-0.1, -0.05) is 27.8 Å². The highest BCUT2D eigenvalue weighted by molar-refractivity contribution is 7.03. The maximum absolute atomic E-state index is 11.4. The Labute approximate surface area is 84.3 Å². The number of carbonyl (C=O) groups excluding carboxylic acids is 1. The summed E-state index contributed by atoms with van der Waals surface area (Å²) in [4.78, 5) is 11.4. The quantitative estimate of drug-likeness (QED) is 0.702. The molecule has 5 heteroatoms. The molecule has 4 nitrogen and oxygen atoms in total. The van der Waals surface area contributed by atoms with Gasteiger partial charge in [0.1, 0.15) is 0 Å². The van der Waals surface area contributed by atoms with Crippen molar-refractivity contribution in [3.63, 3.8) is 0 Å². The topological polar surface area (TPSA) is 52.1 Å². The summed E-state index contributed by atoms with van der Waals surface area (Å²) in [7, 11) is 0. The number of esters is 1. The lowest BCUT2D eigenvalue weighted by Crippen LogP contribution is -2.08. The summed E-state index contributed by atoms with van der Waals surface area (Å²) >= 11 is 1.14. The molecule has 0 amide bonds. The molecule has 0 unspecified atom stereocenters. The second-order valence-corrected chi connectivity index (χ2v) is 3.11. The Hall–Kier alpha value is -1.75. The summed E-state index contributed by atoms with van der Waals surface area (Å²) in [6, 6.07) is 8.75. The highest BCUT2D eigenvalue weighted by Crippen LogP contribution is 2.09. The molecule has 0 radical (unpaired) electrons. The molecule has 0 saturated heterocycles. The van der Waals surface area contributed by atoms with Gasteiger partial charge >= 0.3 is 5.97 Å². The number of aromatic nitrogens is 2. The van der Waals surface area contributed by atoms with Crippen LogP contribution in [0.15, 0.2) is 35.7 Å². The predicted octanol–water partition coefficient (Wildman–Crippen LogP) is 1.76. The molecule has 1 heterocycles. The van der Waals surface area contributed by atoms with Crippen LogP contribution in [0.4, 0.5) is 0 Å². The maximum atomic E-state index is 11.4. The van der Waals surface area contributed by atoms with Gasteiger partial charge in [-0.15, -0.1) is 0 Å². The first kappa shape index (κ1) is 8.83. The fourth-order valence-electron chi connectivity index (χ4n) is 0.929. The molecule has 1 aromatic heterocycles. The van der Waals surface area contributed by atoms with Gasteiger partial charge in [-0.3, -0.25) is 0 Å². The fraction of sp³-hybridized carbons (Fsp3) is 0. The van der Waals surface area contributed by atoms with Crippen LogP contribution in [0.5, 0.6) is 5.88 Å². The molecule has 0 fully saturated rings. The zero-order valence-electron chi connectivity index (χ0n) is 7.08. The molecule has 0 atom stereocenters. The summed E-state index contributed by atoms with van der Waals surface area (Å²) in [6.45, 7) is 0. The van der Waals surface area contributed by atoms with Gasteiger partial charge in [-0.25, -0.2) is 4.79 Å². The molecule has 2 rings (SSSR count). The van der Waals surface area contributed by atoms with Crippen molar-refractivity contribution >= 4 is 17.5 Å². The van der Waals surface area contributed by atoms with Crippen molar-refractivity contribution in [2.24, 2.45) is 0 Å². The molecule has 2 aromatic rings. The van der Waals surface area contributed by atoms with Crippen LogP contribution in [0, 0.1) is 0 Å². The Morgan fingerprint density at radius 3 is 2.71 bits per heavy atom. The Kier molecular flexibility index (Phi) is 2.51. The van der Waals surface area contributed by atoms with E-state index in [1.165, 1.54) is 0 Å². The summed E-state index contributed by atoms with van der Waals surface area (Å²) in [6.07, 6.45) is 0. The van der Waals surface area contributed by atoms with E-state index in [0.29, 0.717) is 5.56 Å². The third-order valence-corrected chi connectivity index (χ3v) is 2.03. The standard InChI is InChI=1S/C9H6N2O2S/c12-9(7-4-2-1-3-5-7)13-8-6-14-11-10-8/h1-6H. The van der Waals surface area contributed by atoms with Crippen LogP contribution in [0.2, 0.25) is 0 Å². The maximum Gasteiger partial charge on any atom is 0.344 e. The van der Waals surface area contributed by atoms with Gasteiger partial charge in [0.15, 0.2) is 0 Å². The first-order valence-electron chi connectivity index (χ1n) is 3.90. The van der Waals surface area contributed by atoms with Gasteiger partial charge in [0, 0.05) is 0 Å². The monoisotopic (exact) mass is 206 g/mol. The Balaban J connectivity index is 2.11. The SMILES string of the molecule is O=C(Oc1csnn1)c1ccccc1. The zero-order valence-corrected chi connectivity index (χ0v) is 7.90. The zero-order chi connectivity index (χ0) is 9.80. The molecule has 70 valence electrons. The van der Waals surface area contributed by atoms with Crippen molar-refractivity contribution in [2.45, 2.75) is 0 Å². The van der Waals surface area contributed by atoms with Crippen LogP contribution in [-0.2, 0) is 0 Å². The molecule has 0 aliphatic carbocycles. The van der Waals surface area contributed by atoms with Crippen LogP contribution in [0.3, 0.4) is 0 Å². The molecular formula is C9H6N2O2S. The normalized spacial score (nSPS) is 9.71. The number of nitrogens with zero attached hydrogens (tertiary/aromatic N) is 2. The molecule has 14 heavy (non-hydrogen) atoms. The van der Waals surface area contributed by atoms with E-state index in [9.17, 15) is 4.79 Å². The molecule has 0 saturated carbocycles. The van der Waals surface area contributed by atoms with Crippen LogP contribution in [-0.4, -0.2) is 15.6 Å². The highest BCUT2D eigenvalue weighted by Gasteiger charge is 2.08. The summed E-state index contributed by atoms with van der Waals surface area (Å²) < 4.78 is 8.52. The van der Waals surface area contributed by atoms with E-state index in [-0.39, 0.29) is 5.88 Å². The van der Waals surface area contributed by atoms with E-state index < -0.39 is 5.97 Å². The van der Waals surface area contributed by atoms with Gasteiger partial charge in [0.2, 0.25) is 0 Å². The average molecular weight is 206 g/mol. The number of hydrogen-bond donors (Lipinski definition) is 0. The predicted molar refractivity (Wildman–Crippen MR) is 51.3 cm³/mol. The second kappa shape index (κ2) is 3.97. The van der Waals surface area contributed by atoms with Crippen molar-refractivity contribution in [1.29, 1.82) is 0 Å². The third kappa shape index (κ3) is 1.94. The van der Waals surface area contributed by atoms with Crippen LogP contribution < -0.4 is 4.74 Å². The van der Waals surface area contributed by atoms with Crippen molar-refractivity contribution in [3.05, 3.63) is 41.3 Å². The lowest BCUT2D eigenvalue weighted by Gasteiger charge is -1.98. The van der Waals surface area contributed by atoms with Crippen LogP contribution in [0.1, 0.15) is 10.4 Å². The lowest BCUT2D eigenvalue weighted by atomic mass is 10.2. The second-order valence-electron chi connectivity index (χ2n) is 2.50. The van der Waals surface area contributed by atoms with E-state index >= 15 is 0 Å². The van der Waals surface area contributed by atoms with E-state index in [1.807, 2.05) is 6.07 Å². The van der Waals surface area contributed by atoms with Crippen molar-refractivity contribution in [1.82, 2.24) is 9.59 Å². The minimum atomic E-state index is -0.418. The molecule has 0 N–H and O–H groups in total. The fourth-order valence-corrected chi connectivity index (χ4v) is 1.29. The molecule has 1 aromatic carbocycles. The van der Waals surface area contributed by atoms with Crippen LogP contribution in [0.25, 0.3) is 0 Å². The van der Waals surface area contributed by atoms with Gasteiger partial charge in [0.25, 0.3) is 5.88 Å². The van der Waals surface area contributed by atoms with E-state index in [1.54, 1.807) is 29.6 Å². The smallest absolute Gasteiger partial charge is 0.344 e. The summed E-state index contributed by atoms with van der Waals surface area (Å²) in [5, 5.41) is 5.18. The molecule has 0 aliphatic heterocycles. The number of rotatable bonds is 2. The third-order valence-electron chi connectivity index (χ3n) is 1.55. The first-order chi connectivity index (χ1) is 6.86. The van der Waals surface area contributed by atoms with E-state index in [2.05, 4.69) is 9.59 Å². The Morgan fingerprint density at radius 1 is 1.29 bits per heavy atom. The summed E-state index contributed by atoms with van der Waals surface area (Å²) in [5.74, 6) is -0.179. The summed E-state index contributed by atoms with van der Waals surface area (Å²) in [5.41, 5.74) is 0.500. The Morgan fingerprint density at radius 2 is 2.07 bits per heavy atom. The minimum absolute atomic E-state index is 0.240. The number of benzene rings is 1. The average Bonchev–Trinajstić information content (AvgIpc) is 2.72. The molecule has 0 aliphatic rings. The lowest BCUT2D eigenvalue weighted by molar-refractivity contribution is 0.0727. The van der Waals surface area contributed by atoms with Gasteiger partial charge < -0.3 is 4.74 Å².